The summed E-state index contributed by atoms with van der Waals surface area (Å²) in [6.07, 6.45) is -8.09. The van der Waals surface area contributed by atoms with Crippen LogP contribution in [-0.4, -0.2) is 57.4 Å². The van der Waals surface area contributed by atoms with Crippen LogP contribution >= 0.6 is 0 Å². The number of hydrogen-bond acceptors (Lipinski definition) is 5. The molecule has 1 aliphatic rings. The van der Waals surface area contributed by atoms with Gasteiger partial charge in [-0.15, -0.1) is 0 Å². The molecule has 1 aromatic carbocycles. The summed E-state index contributed by atoms with van der Waals surface area (Å²) in [4.78, 5) is 12.5. The van der Waals surface area contributed by atoms with E-state index in [1.807, 2.05) is 0 Å². The van der Waals surface area contributed by atoms with Gasteiger partial charge in [0.15, 0.2) is 0 Å². The van der Waals surface area contributed by atoms with Gasteiger partial charge in [0.05, 0.1) is 17.7 Å². The average molecular weight is 319 g/mol. The molecule has 0 radical (unpaired) electrons. The highest BCUT2D eigenvalue weighted by Gasteiger charge is 2.41. The molecule has 1 aliphatic heterocycles. The standard InChI is InChI=1S/C14H16F3NO4/c15-14(16,17)9-3-1-8(2-4-9)5-18-6-11(20)13(22)12(21)10(18)7-19/h1-4,7,10-13,20-22H,5-6H2/t10-,11+,12-,13-/m1/s1. The third kappa shape index (κ3) is 3.46. The van der Waals surface area contributed by atoms with Crippen molar-refractivity contribution in [1.82, 2.24) is 4.90 Å². The number of nitrogens with zero attached hydrogens (tertiary/aromatic N) is 1. The zero-order valence-corrected chi connectivity index (χ0v) is 11.4. The van der Waals surface area contributed by atoms with Gasteiger partial charge in [0, 0.05) is 13.1 Å². The Labute approximate surface area is 124 Å². The van der Waals surface area contributed by atoms with E-state index in [0.29, 0.717) is 11.8 Å². The van der Waals surface area contributed by atoms with Gasteiger partial charge in [-0.1, -0.05) is 12.1 Å². The molecular weight excluding hydrogens is 303 g/mol. The number of likely N-dealkylation sites (tertiary alicyclic amines) is 1. The van der Waals surface area contributed by atoms with Crippen LogP contribution in [0.5, 0.6) is 0 Å². The molecule has 0 aliphatic carbocycles. The summed E-state index contributed by atoms with van der Waals surface area (Å²) in [6, 6.07) is 3.37. The first-order chi connectivity index (χ1) is 10.2. The number of carbonyl (C=O) groups is 1. The number of hydrogen-bond donors (Lipinski definition) is 3. The Morgan fingerprint density at radius 3 is 2.23 bits per heavy atom. The van der Waals surface area contributed by atoms with Crippen molar-refractivity contribution in [1.29, 1.82) is 0 Å². The summed E-state index contributed by atoms with van der Waals surface area (Å²) < 4.78 is 37.5. The molecule has 1 aromatic rings. The summed E-state index contributed by atoms with van der Waals surface area (Å²) in [6.45, 7) is 0.00500. The van der Waals surface area contributed by atoms with Crippen LogP contribution in [0.4, 0.5) is 13.2 Å². The Kier molecular flexibility index (Phi) is 4.86. The maximum Gasteiger partial charge on any atom is 0.416 e. The Morgan fingerprint density at radius 1 is 1.14 bits per heavy atom. The first-order valence-electron chi connectivity index (χ1n) is 6.63. The highest BCUT2D eigenvalue weighted by atomic mass is 19.4. The first kappa shape index (κ1) is 16.9. The predicted octanol–water partition coefficient (Wildman–Crippen LogP) is 0.171. The lowest BCUT2D eigenvalue weighted by atomic mass is 9.94. The summed E-state index contributed by atoms with van der Waals surface area (Å²) >= 11 is 0. The molecule has 1 saturated heterocycles. The lowest BCUT2D eigenvalue weighted by Crippen LogP contribution is -2.61. The van der Waals surface area contributed by atoms with E-state index in [9.17, 15) is 33.3 Å². The molecule has 8 heteroatoms. The Balaban J connectivity index is 2.13. The van der Waals surface area contributed by atoms with E-state index in [-0.39, 0.29) is 13.1 Å². The smallest absolute Gasteiger partial charge is 0.389 e. The van der Waals surface area contributed by atoms with Crippen molar-refractivity contribution < 1.29 is 33.3 Å². The van der Waals surface area contributed by atoms with Crippen LogP contribution in [0.25, 0.3) is 0 Å². The van der Waals surface area contributed by atoms with Gasteiger partial charge in [-0.3, -0.25) is 4.90 Å². The normalized spacial score (nSPS) is 30.3. The first-order valence-corrected chi connectivity index (χ1v) is 6.63. The molecule has 2 rings (SSSR count). The number of halogens is 3. The summed E-state index contributed by atoms with van der Waals surface area (Å²) in [5, 5.41) is 29.0. The SMILES string of the molecule is O=C[C@@H]1[C@@H](O)[C@H](O)[C@@H](O)CN1Cc1ccc(C(F)(F)F)cc1. The fraction of sp³-hybridized carbons (Fsp3) is 0.500. The Bertz CT molecular complexity index is 520. The largest absolute Gasteiger partial charge is 0.416 e. The van der Waals surface area contributed by atoms with Crippen molar-refractivity contribution in [3.8, 4) is 0 Å². The average Bonchev–Trinajstić information content (AvgIpc) is 2.45. The van der Waals surface area contributed by atoms with Crippen LogP contribution in [0.15, 0.2) is 24.3 Å². The lowest BCUT2D eigenvalue weighted by molar-refractivity contribution is -0.148. The van der Waals surface area contributed by atoms with Gasteiger partial charge < -0.3 is 20.1 Å². The zero-order chi connectivity index (χ0) is 16.5. The minimum absolute atomic E-state index is 0.0668. The van der Waals surface area contributed by atoms with Gasteiger partial charge in [-0.25, -0.2) is 0 Å². The van der Waals surface area contributed by atoms with Gasteiger partial charge in [0.1, 0.15) is 18.5 Å². The van der Waals surface area contributed by atoms with Crippen LogP contribution in [0.1, 0.15) is 11.1 Å². The topological polar surface area (TPSA) is 81.0 Å². The number of piperidine rings is 1. The fourth-order valence-corrected chi connectivity index (χ4v) is 2.49. The number of β-amino-alcohol motifs (C(OH)–C–C–N with tert-alkyl or cyclic N) is 1. The van der Waals surface area contributed by atoms with Crippen molar-refractivity contribution in [2.75, 3.05) is 6.54 Å². The minimum Gasteiger partial charge on any atom is -0.389 e. The second-order valence-corrected chi connectivity index (χ2v) is 5.30. The highest BCUT2D eigenvalue weighted by molar-refractivity contribution is 5.59. The Hall–Kier alpha value is -1.48. The number of benzene rings is 1. The van der Waals surface area contributed by atoms with E-state index in [1.165, 1.54) is 17.0 Å². The molecule has 122 valence electrons. The van der Waals surface area contributed by atoms with Gasteiger partial charge in [-0.05, 0) is 17.7 Å². The maximum atomic E-state index is 12.5. The molecule has 0 saturated carbocycles. The van der Waals surface area contributed by atoms with Gasteiger partial charge in [0.2, 0.25) is 0 Å². The summed E-state index contributed by atoms with van der Waals surface area (Å²) in [5.41, 5.74) is -0.284. The fourth-order valence-electron chi connectivity index (χ4n) is 2.49. The quantitative estimate of drug-likeness (QED) is 0.692. The molecule has 0 unspecified atom stereocenters. The molecule has 0 bridgehead atoms. The van der Waals surface area contributed by atoms with Crippen molar-refractivity contribution in [2.45, 2.75) is 37.1 Å². The number of alkyl halides is 3. The van der Waals surface area contributed by atoms with Crippen molar-refractivity contribution >= 4 is 6.29 Å². The number of rotatable bonds is 3. The third-order valence-electron chi connectivity index (χ3n) is 3.74. The van der Waals surface area contributed by atoms with Gasteiger partial charge in [0.25, 0.3) is 0 Å². The molecule has 0 amide bonds. The van der Waals surface area contributed by atoms with E-state index in [1.54, 1.807) is 0 Å². The molecule has 1 fully saturated rings. The number of aliphatic hydroxyl groups is 3. The molecule has 4 atom stereocenters. The van der Waals surface area contributed by atoms with Crippen LogP contribution in [-0.2, 0) is 17.5 Å². The molecule has 22 heavy (non-hydrogen) atoms. The number of aldehydes is 1. The molecular formula is C14H16F3NO4. The van der Waals surface area contributed by atoms with Crippen molar-refractivity contribution in [2.24, 2.45) is 0 Å². The van der Waals surface area contributed by atoms with E-state index in [0.717, 1.165) is 12.1 Å². The highest BCUT2D eigenvalue weighted by Crippen LogP contribution is 2.29. The third-order valence-corrected chi connectivity index (χ3v) is 3.74. The predicted molar refractivity (Wildman–Crippen MR) is 69.7 cm³/mol. The van der Waals surface area contributed by atoms with E-state index in [4.69, 9.17) is 0 Å². The lowest BCUT2D eigenvalue weighted by Gasteiger charge is -2.41. The van der Waals surface area contributed by atoms with Crippen LogP contribution in [0, 0.1) is 0 Å². The summed E-state index contributed by atoms with van der Waals surface area (Å²) in [5.74, 6) is 0. The monoisotopic (exact) mass is 319 g/mol. The second kappa shape index (κ2) is 6.33. The number of carbonyl (C=O) groups excluding carboxylic acids is 1. The zero-order valence-electron chi connectivity index (χ0n) is 11.4. The van der Waals surface area contributed by atoms with E-state index < -0.39 is 36.1 Å². The van der Waals surface area contributed by atoms with Crippen molar-refractivity contribution in [3.63, 3.8) is 0 Å². The second-order valence-electron chi connectivity index (χ2n) is 5.30. The summed E-state index contributed by atoms with van der Waals surface area (Å²) in [7, 11) is 0. The Morgan fingerprint density at radius 2 is 1.73 bits per heavy atom. The maximum absolute atomic E-state index is 12.5. The molecule has 0 aromatic heterocycles. The molecule has 3 N–H and O–H groups in total. The number of aliphatic hydroxyl groups excluding tert-OH is 3. The molecule has 0 spiro atoms. The van der Waals surface area contributed by atoms with Crippen LogP contribution < -0.4 is 0 Å². The van der Waals surface area contributed by atoms with Gasteiger partial charge >= 0.3 is 6.18 Å². The van der Waals surface area contributed by atoms with Crippen LogP contribution in [0.2, 0.25) is 0 Å². The van der Waals surface area contributed by atoms with E-state index >= 15 is 0 Å². The van der Waals surface area contributed by atoms with Crippen LogP contribution in [0.3, 0.4) is 0 Å². The van der Waals surface area contributed by atoms with E-state index in [2.05, 4.69) is 0 Å². The molecule has 1 heterocycles. The van der Waals surface area contributed by atoms with Crippen molar-refractivity contribution in [3.05, 3.63) is 35.4 Å². The minimum atomic E-state index is -4.43. The van der Waals surface area contributed by atoms with Gasteiger partial charge in [-0.2, -0.15) is 13.2 Å². The molecule has 5 nitrogen and oxygen atoms in total.